The predicted molar refractivity (Wildman–Crippen MR) is 69.9 cm³/mol. The van der Waals surface area contributed by atoms with Gasteiger partial charge in [-0.05, 0) is 35.8 Å². The van der Waals surface area contributed by atoms with Crippen molar-refractivity contribution in [3.05, 3.63) is 28.2 Å². The minimum Gasteiger partial charge on any atom is -0.409 e. The van der Waals surface area contributed by atoms with Crippen LogP contribution in [-0.4, -0.2) is 17.0 Å². The number of amides is 1. The molecular formula is C11H12BrF2N3O2. The Labute approximate surface area is 116 Å². The van der Waals surface area contributed by atoms with Crippen LogP contribution in [0.15, 0.2) is 21.8 Å². The average molecular weight is 336 g/mol. The van der Waals surface area contributed by atoms with Gasteiger partial charge in [-0.15, -0.1) is 0 Å². The van der Waals surface area contributed by atoms with Gasteiger partial charge in [-0.3, -0.25) is 4.79 Å². The maximum absolute atomic E-state index is 13.5. The summed E-state index contributed by atoms with van der Waals surface area (Å²) in [6, 6.07) is 1.64. The molecule has 0 aliphatic carbocycles. The Kier molecular flexibility index (Phi) is 4.46. The molecule has 0 atom stereocenters. The molecule has 1 aromatic rings. The molecule has 0 saturated heterocycles. The summed E-state index contributed by atoms with van der Waals surface area (Å²) < 4.78 is 26.5. The fourth-order valence-electron chi connectivity index (χ4n) is 1.17. The number of hydrogen-bond donors (Lipinski definition) is 3. The van der Waals surface area contributed by atoms with E-state index < -0.39 is 23.0 Å². The first-order valence-electron chi connectivity index (χ1n) is 5.14. The number of hydrogen-bond acceptors (Lipinski definition) is 3. The predicted octanol–water partition coefficient (Wildman–Crippen LogP) is 2.44. The normalized spacial score (nSPS) is 12.4. The Bertz CT molecular complexity index is 524. The zero-order chi connectivity index (χ0) is 14.8. The van der Waals surface area contributed by atoms with Crippen LogP contribution in [0.4, 0.5) is 14.5 Å². The van der Waals surface area contributed by atoms with Gasteiger partial charge in [0.15, 0.2) is 11.7 Å². The highest BCUT2D eigenvalue weighted by atomic mass is 79.9. The second-order valence-electron chi connectivity index (χ2n) is 4.31. The summed E-state index contributed by atoms with van der Waals surface area (Å²) in [4.78, 5) is 12.0. The molecule has 104 valence electrons. The van der Waals surface area contributed by atoms with Gasteiger partial charge in [-0.25, -0.2) is 8.78 Å². The molecule has 0 unspecified atom stereocenters. The van der Waals surface area contributed by atoms with Crippen molar-refractivity contribution in [1.29, 1.82) is 0 Å². The zero-order valence-corrected chi connectivity index (χ0v) is 11.8. The van der Waals surface area contributed by atoms with Crippen molar-refractivity contribution in [2.45, 2.75) is 13.8 Å². The molecule has 19 heavy (non-hydrogen) atoms. The van der Waals surface area contributed by atoms with E-state index in [0.29, 0.717) is 6.07 Å². The van der Waals surface area contributed by atoms with Gasteiger partial charge in [0.2, 0.25) is 5.91 Å². The molecular weight excluding hydrogens is 324 g/mol. The van der Waals surface area contributed by atoms with Gasteiger partial charge in [0.05, 0.1) is 5.69 Å². The Hall–Kier alpha value is -1.70. The third-order valence-corrected chi connectivity index (χ3v) is 3.19. The van der Waals surface area contributed by atoms with E-state index in [0.717, 1.165) is 6.07 Å². The van der Waals surface area contributed by atoms with Gasteiger partial charge in [0.25, 0.3) is 0 Å². The number of anilines is 1. The largest absolute Gasteiger partial charge is 0.409 e. The van der Waals surface area contributed by atoms with Crippen molar-refractivity contribution in [2.75, 3.05) is 5.32 Å². The van der Waals surface area contributed by atoms with Crippen LogP contribution in [0.2, 0.25) is 0 Å². The van der Waals surface area contributed by atoms with Crippen LogP contribution in [-0.2, 0) is 4.79 Å². The number of nitrogens with two attached hydrogens (primary N) is 1. The van der Waals surface area contributed by atoms with E-state index >= 15 is 0 Å². The van der Waals surface area contributed by atoms with E-state index in [1.807, 2.05) is 0 Å². The minimum absolute atomic E-state index is 0.0497. The van der Waals surface area contributed by atoms with Crippen molar-refractivity contribution >= 4 is 33.4 Å². The molecule has 0 radical (unpaired) electrons. The molecule has 0 fully saturated rings. The first-order chi connectivity index (χ1) is 8.70. The van der Waals surface area contributed by atoms with E-state index in [1.165, 1.54) is 13.8 Å². The molecule has 0 spiro atoms. The molecule has 8 heteroatoms. The standard InChI is InChI=1S/C11H12BrF2N3O2/c1-11(2,9(15)17-19)10(18)16-8-6(12)3-5(13)4-7(8)14/h3-4,19H,1-2H3,(H2,15,17)(H,16,18). The molecule has 0 saturated carbocycles. The zero-order valence-electron chi connectivity index (χ0n) is 10.2. The quantitative estimate of drug-likeness (QED) is 0.343. The van der Waals surface area contributed by atoms with Crippen molar-refractivity contribution in [1.82, 2.24) is 0 Å². The van der Waals surface area contributed by atoms with Gasteiger partial charge in [-0.2, -0.15) is 0 Å². The first-order valence-corrected chi connectivity index (χ1v) is 5.93. The Morgan fingerprint density at radius 1 is 1.47 bits per heavy atom. The van der Waals surface area contributed by atoms with Crippen LogP contribution in [0.5, 0.6) is 0 Å². The number of nitrogens with one attached hydrogen (secondary N) is 1. The molecule has 1 rings (SSSR count). The number of benzene rings is 1. The van der Waals surface area contributed by atoms with Crippen LogP contribution in [0.3, 0.4) is 0 Å². The average Bonchev–Trinajstić information content (AvgIpc) is 2.31. The lowest BCUT2D eigenvalue weighted by atomic mass is 9.91. The number of halogens is 3. The first kappa shape index (κ1) is 15.4. The maximum Gasteiger partial charge on any atom is 0.237 e. The topological polar surface area (TPSA) is 87.7 Å². The lowest BCUT2D eigenvalue weighted by Gasteiger charge is -2.22. The van der Waals surface area contributed by atoms with E-state index in [2.05, 4.69) is 26.4 Å². The summed E-state index contributed by atoms with van der Waals surface area (Å²) in [5.41, 5.74) is 3.81. The van der Waals surface area contributed by atoms with Crippen molar-refractivity contribution in [3.8, 4) is 0 Å². The van der Waals surface area contributed by atoms with Crippen molar-refractivity contribution in [3.63, 3.8) is 0 Å². The van der Waals surface area contributed by atoms with Crippen molar-refractivity contribution in [2.24, 2.45) is 16.3 Å². The van der Waals surface area contributed by atoms with Crippen LogP contribution >= 0.6 is 15.9 Å². The molecule has 5 nitrogen and oxygen atoms in total. The molecule has 0 bridgehead atoms. The second-order valence-corrected chi connectivity index (χ2v) is 5.16. The molecule has 0 aromatic heterocycles. The highest BCUT2D eigenvalue weighted by Crippen LogP contribution is 2.28. The Morgan fingerprint density at radius 3 is 2.53 bits per heavy atom. The van der Waals surface area contributed by atoms with E-state index in [4.69, 9.17) is 10.9 Å². The van der Waals surface area contributed by atoms with E-state index in [9.17, 15) is 13.6 Å². The molecule has 1 aromatic carbocycles. The molecule has 1 amide bonds. The minimum atomic E-state index is -1.35. The van der Waals surface area contributed by atoms with Crippen LogP contribution < -0.4 is 11.1 Å². The van der Waals surface area contributed by atoms with Gasteiger partial charge in [0.1, 0.15) is 11.2 Å². The summed E-state index contributed by atoms with van der Waals surface area (Å²) in [7, 11) is 0. The lowest BCUT2D eigenvalue weighted by molar-refractivity contribution is -0.121. The summed E-state index contributed by atoms with van der Waals surface area (Å²) in [5.74, 6) is -2.74. The van der Waals surface area contributed by atoms with Crippen molar-refractivity contribution < 1.29 is 18.8 Å². The third-order valence-electron chi connectivity index (χ3n) is 2.56. The van der Waals surface area contributed by atoms with Gasteiger partial charge < -0.3 is 16.3 Å². The summed E-state index contributed by atoms with van der Waals surface area (Å²) in [5, 5.41) is 13.6. The molecule has 0 aliphatic rings. The van der Waals surface area contributed by atoms with Gasteiger partial charge in [0, 0.05) is 10.5 Å². The third kappa shape index (κ3) is 3.19. The number of carbonyl (C=O) groups excluding carboxylic acids is 1. The van der Waals surface area contributed by atoms with Gasteiger partial charge in [-0.1, -0.05) is 5.16 Å². The number of rotatable bonds is 3. The summed E-state index contributed by atoms with van der Waals surface area (Å²) in [6.45, 7) is 2.79. The Morgan fingerprint density at radius 2 is 2.05 bits per heavy atom. The van der Waals surface area contributed by atoms with Crippen LogP contribution in [0.25, 0.3) is 0 Å². The fraction of sp³-hybridized carbons (Fsp3) is 0.273. The van der Waals surface area contributed by atoms with E-state index in [-0.39, 0.29) is 16.0 Å². The fourth-order valence-corrected chi connectivity index (χ4v) is 1.68. The second kappa shape index (κ2) is 5.52. The van der Waals surface area contributed by atoms with E-state index in [1.54, 1.807) is 0 Å². The molecule has 4 N–H and O–H groups in total. The SMILES string of the molecule is CC(C)(C(=O)Nc1c(F)cc(F)cc1Br)C(N)=NO. The van der Waals surface area contributed by atoms with Gasteiger partial charge >= 0.3 is 0 Å². The summed E-state index contributed by atoms with van der Waals surface area (Å²) in [6.07, 6.45) is 0. The van der Waals surface area contributed by atoms with Crippen LogP contribution in [0.1, 0.15) is 13.8 Å². The number of carbonyl (C=O) groups is 1. The monoisotopic (exact) mass is 335 g/mol. The molecule has 0 heterocycles. The number of amidine groups is 1. The lowest BCUT2D eigenvalue weighted by Crippen LogP contribution is -2.42. The summed E-state index contributed by atoms with van der Waals surface area (Å²) >= 11 is 2.94. The molecule has 0 aliphatic heterocycles. The highest BCUT2D eigenvalue weighted by molar-refractivity contribution is 9.10. The van der Waals surface area contributed by atoms with Crippen LogP contribution in [0, 0.1) is 17.0 Å². The maximum atomic E-state index is 13.5. The number of nitrogens with zero attached hydrogens (tertiary/aromatic N) is 1. The Balaban J connectivity index is 3.08. The number of oxime groups is 1. The highest BCUT2D eigenvalue weighted by Gasteiger charge is 2.33. The smallest absolute Gasteiger partial charge is 0.237 e.